The summed E-state index contributed by atoms with van der Waals surface area (Å²) in [4.78, 5) is 11.2. The van der Waals surface area contributed by atoms with Gasteiger partial charge in [-0.25, -0.2) is 0 Å². The van der Waals surface area contributed by atoms with Crippen LogP contribution in [0.4, 0.5) is 0 Å². The Hall–Kier alpha value is -0.610. The Labute approximate surface area is 71.8 Å². The Bertz CT molecular complexity index is 157. The molecule has 1 fully saturated rings. The fourth-order valence-electron chi connectivity index (χ4n) is 1.37. The van der Waals surface area contributed by atoms with Gasteiger partial charge in [-0.1, -0.05) is 0 Å². The summed E-state index contributed by atoms with van der Waals surface area (Å²) in [5.41, 5.74) is 0. The third-order valence-corrected chi connectivity index (χ3v) is 2.10. The number of esters is 1. The lowest BCUT2D eigenvalue weighted by atomic mass is 9.99. The zero-order valence-electron chi connectivity index (χ0n) is 7.41. The standard InChI is InChI=1S/C8H14O4/c1-10-7-3-4-12-5-6(7)8(9)11-2/h6-7H,3-5H2,1-2H3. The van der Waals surface area contributed by atoms with Gasteiger partial charge in [0.1, 0.15) is 5.92 Å². The topological polar surface area (TPSA) is 44.8 Å². The second kappa shape index (κ2) is 4.42. The highest BCUT2D eigenvalue weighted by atomic mass is 16.5. The molecule has 2 unspecified atom stereocenters. The second-order valence-corrected chi connectivity index (χ2v) is 2.77. The summed E-state index contributed by atoms with van der Waals surface area (Å²) < 4.78 is 14.9. The summed E-state index contributed by atoms with van der Waals surface area (Å²) in [5, 5.41) is 0. The van der Waals surface area contributed by atoms with Gasteiger partial charge < -0.3 is 14.2 Å². The van der Waals surface area contributed by atoms with E-state index in [1.807, 2.05) is 0 Å². The van der Waals surface area contributed by atoms with Gasteiger partial charge in [0.2, 0.25) is 0 Å². The molecule has 0 aliphatic carbocycles. The first kappa shape index (κ1) is 9.48. The SMILES string of the molecule is COC(=O)C1COCCC1OC. The zero-order valence-corrected chi connectivity index (χ0v) is 7.41. The Kier molecular flexibility index (Phi) is 3.49. The molecule has 12 heavy (non-hydrogen) atoms. The maximum Gasteiger partial charge on any atom is 0.313 e. The van der Waals surface area contributed by atoms with Crippen molar-refractivity contribution in [1.29, 1.82) is 0 Å². The van der Waals surface area contributed by atoms with Crippen LogP contribution >= 0.6 is 0 Å². The normalized spacial score (nSPS) is 29.8. The predicted octanol–water partition coefficient (Wildman–Crippen LogP) is 0.211. The highest BCUT2D eigenvalue weighted by molar-refractivity contribution is 5.73. The molecule has 1 aliphatic rings. The number of methoxy groups -OCH3 is 2. The molecule has 70 valence electrons. The number of rotatable bonds is 2. The van der Waals surface area contributed by atoms with Crippen molar-refractivity contribution in [2.75, 3.05) is 27.4 Å². The van der Waals surface area contributed by atoms with Crippen molar-refractivity contribution >= 4 is 5.97 Å². The molecule has 1 saturated heterocycles. The summed E-state index contributed by atoms with van der Waals surface area (Å²) in [6.07, 6.45) is 0.710. The van der Waals surface area contributed by atoms with E-state index in [9.17, 15) is 4.79 Å². The first-order valence-electron chi connectivity index (χ1n) is 3.98. The van der Waals surface area contributed by atoms with E-state index >= 15 is 0 Å². The van der Waals surface area contributed by atoms with Gasteiger partial charge in [0.15, 0.2) is 0 Å². The molecule has 4 nitrogen and oxygen atoms in total. The fourth-order valence-corrected chi connectivity index (χ4v) is 1.37. The number of ether oxygens (including phenoxy) is 3. The van der Waals surface area contributed by atoms with E-state index in [2.05, 4.69) is 4.74 Å². The molecule has 0 spiro atoms. The summed E-state index contributed by atoms with van der Waals surface area (Å²) >= 11 is 0. The molecule has 4 heteroatoms. The largest absolute Gasteiger partial charge is 0.469 e. The lowest BCUT2D eigenvalue weighted by molar-refractivity contribution is -0.158. The van der Waals surface area contributed by atoms with Crippen molar-refractivity contribution in [1.82, 2.24) is 0 Å². The van der Waals surface area contributed by atoms with Crippen LogP contribution in [-0.2, 0) is 19.0 Å². The Balaban J connectivity index is 2.52. The minimum Gasteiger partial charge on any atom is -0.469 e. The van der Waals surface area contributed by atoms with E-state index in [1.54, 1.807) is 7.11 Å². The molecule has 0 amide bonds. The van der Waals surface area contributed by atoms with E-state index in [0.717, 1.165) is 6.42 Å². The summed E-state index contributed by atoms with van der Waals surface area (Å²) in [6.45, 7) is 1.07. The van der Waals surface area contributed by atoms with Crippen LogP contribution in [0.3, 0.4) is 0 Å². The van der Waals surface area contributed by atoms with Crippen LogP contribution in [0.25, 0.3) is 0 Å². The number of hydrogen-bond acceptors (Lipinski definition) is 4. The van der Waals surface area contributed by atoms with Crippen LogP contribution < -0.4 is 0 Å². The van der Waals surface area contributed by atoms with Gasteiger partial charge in [-0.2, -0.15) is 0 Å². The minimum absolute atomic E-state index is 0.0498. The summed E-state index contributed by atoms with van der Waals surface area (Å²) in [5.74, 6) is -0.504. The molecule has 0 saturated carbocycles. The second-order valence-electron chi connectivity index (χ2n) is 2.77. The Morgan fingerprint density at radius 3 is 2.83 bits per heavy atom. The molecule has 1 heterocycles. The van der Waals surface area contributed by atoms with Crippen molar-refractivity contribution in [2.45, 2.75) is 12.5 Å². The third kappa shape index (κ3) is 1.95. The van der Waals surface area contributed by atoms with Crippen LogP contribution in [0.5, 0.6) is 0 Å². The van der Waals surface area contributed by atoms with Crippen LogP contribution in [0.1, 0.15) is 6.42 Å². The third-order valence-electron chi connectivity index (χ3n) is 2.10. The van der Waals surface area contributed by atoms with Crippen molar-refractivity contribution in [3.05, 3.63) is 0 Å². The fraction of sp³-hybridized carbons (Fsp3) is 0.875. The Morgan fingerprint density at radius 1 is 1.50 bits per heavy atom. The maximum absolute atomic E-state index is 11.2. The molecule has 0 aromatic carbocycles. The molecule has 0 aromatic heterocycles. The van der Waals surface area contributed by atoms with E-state index < -0.39 is 0 Å². The molecule has 0 aromatic rings. The summed E-state index contributed by atoms with van der Waals surface area (Å²) in [7, 11) is 2.98. The van der Waals surface area contributed by atoms with Crippen LogP contribution in [0.2, 0.25) is 0 Å². The molecule has 2 atom stereocenters. The highest BCUT2D eigenvalue weighted by Crippen LogP contribution is 2.18. The first-order valence-corrected chi connectivity index (χ1v) is 3.98. The van der Waals surface area contributed by atoms with Crippen molar-refractivity contribution < 1.29 is 19.0 Å². The van der Waals surface area contributed by atoms with E-state index in [0.29, 0.717) is 13.2 Å². The quantitative estimate of drug-likeness (QED) is 0.561. The predicted molar refractivity (Wildman–Crippen MR) is 41.7 cm³/mol. The smallest absolute Gasteiger partial charge is 0.313 e. The van der Waals surface area contributed by atoms with E-state index in [4.69, 9.17) is 9.47 Å². The lowest BCUT2D eigenvalue weighted by Gasteiger charge is -2.28. The van der Waals surface area contributed by atoms with Gasteiger partial charge >= 0.3 is 5.97 Å². The lowest BCUT2D eigenvalue weighted by Crippen LogP contribution is -2.39. The average Bonchev–Trinajstić information content (AvgIpc) is 2.16. The van der Waals surface area contributed by atoms with Gasteiger partial charge in [0, 0.05) is 13.7 Å². The van der Waals surface area contributed by atoms with E-state index in [1.165, 1.54) is 7.11 Å². The van der Waals surface area contributed by atoms with Gasteiger partial charge in [0.25, 0.3) is 0 Å². The maximum atomic E-state index is 11.2. The van der Waals surface area contributed by atoms with Gasteiger partial charge in [0.05, 0.1) is 19.8 Å². The summed E-state index contributed by atoms with van der Waals surface area (Å²) in [6, 6.07) is 0. The van der Waals surface area contributed by atoms with Gasteiger partial charge in [-0.05, 0) is 6.42 Å². The molecular weight excluding hydrogens is 160 g/mol. The molecule has 0 radical (unpaired) electrons. The number of carbonyl (C=O) groups is 1. The van der Waals surface area contributed by atoms with Crippen molar-refractivity contribution in [3.8, 4) is 0 Å². The first-order chi connectivity index (χ1) is 5.79. The molecule has 1 rings (SSSR count). The number of carbonyl (C=O) groups excluding carboxylic acids is 1. The van der Waals surface area contributed by atoms with Crippen molar-refractivity contribution in [2.24, 2.45) is 5.92 Å². The highest BCUT2D eigenvalue weighted by Gasteiger charge is 2.32. The van der Waals surface area contributed by atoms with Gasteiger partial charge in [-0.15, -0.1) is 0 Å². The Morgan fingerprint density at radius 2 is 2.25 bits per heavy atom. The van der Waals surface area contributed by atoms with Crippen LogP contribution in [-0.4, -0.2) is 39.5 Å². The van der Waals surface area contributed by atoms with Crippen molar-refractivity contribution in [3.63, 3.8) is 0 Å². The van der Waals surface area contributed by atoms with Crippen LogP contribution in [0.15, 0.2) is 0 Å². The average molecular weight is 174 g/mol. The van der Waals surface area contributed by atoms with Gasteiger partial charge in [-0.3, -0.25) is 4.79 Å². The molecular formula is C8H14O4. The number of hydrogen-bond donors (Lipinski definition) is 0. The zero-order chi connectivity index (χ0) is 8.97. The minimum atomic E-state index is -0.256. The van der Waals surface area contributed by atoms with Crippen LogP contribution in [0, 0.1) is 5.92 Å². The molecule has 1 aliphatic heterocycles. The monoisotopic (exact) mass is 174 g/mol. The molecule has 0 N–H and O–H groups in total. The van der Waals surface area contributed by atoms with E-state index in [-0.39, 0.29) is 18.0 Å². The molecule has 0 bridgehead atoms.